The number of ether oxygens (including phenoxy) is 1. The van der Waals surface area contributed by atoms with Crippen LogP contribution < -0.4 is 0 Å². The van der Waals surface area contributed by atoms with Crippen molar-refractivity contribution in [2.75, 3.05) is 13.7 Å². The van der Waals surface area contributed by atoms with E-state index < -0.39 is 0 Å². The molecule has 0 bridgehead atoms. The highest BCUT2D eigenvalue weighted by molar-refractivity contribution is 5.81. The van der Waals surface area contributed by atoms with Gasteiger partial charge >= 0.3 is 0 Å². The van der Waals surface area contributed by atoms with E-state index in [1.165, 1.54) is 5.57 Å². The molecule has 0 fully saturated rings. The number of amides is 1. The van der Waals surface area contributed by atoms with Gasteiger partial charge in [0.2, 0.25) is 0 Å². The minimum absolute atomic E-state index is 0.0211. The van der Waals surface area contributed by atoms with E-state index in [0.29, 0.717) is 0 Å². The molecule has 0 saturated heterocycles. The van der Waals surface area contributed by atoms with Gasteiger partial charge in [0, 0.05) is 13.5 Å². The Balaban J connectivity index is 2.33. The Hall–Kier alpha value is -1.51. The van der Waals surface area contributed by atoms with E-state index in [1.807, 2.05) is 7.05 Å². The van der Waals surface area contributed by atoms with Gasteiger partial charge in [-0.15, -0.1) is 0 Å². The first-order chi connectivity index (χ1) is 7.72. The van der Waals surface area contributed by atoms with Crippen LogP contribution in [0.1, 0.15) is 26.2 Å². The van der Waals surface area contributed by atoms with Gasteiger partial charge in [-0.25, -0.2) is 0 Å². The number of nitrogens with zero attached hydrogens (tertiary/aromatic N) is 1. The maximum atomic E-state index is 11.5. The minimum Gasteiger partial charge on any atom is -0.486 e. The molecule has 0 spiro atoms. The molecule has 1 heterocycles. The Kier molecular flexibility index (Phi) is 3.13. The molecule has 0 aromatic heterocycles. The van der Waals surface area contributed by atoms with E-state index in [2.05, 4.69) is 25.2 Å². The smallest absolute Gasteiger partial charge is 0.264 e. The molecule has 2 aliphatic rings. The van der Waals surface area contributed by atoms with E-state index in [-0.39, 0.29) is 12.5 Å². The second-order valence-electron chi connectivity index (χ2n) is 4.13. The lowest BCUT2D eigenvalue weighted by molar-refractivity contribution is -0.133. The maximum Gasteiger partial charge on any atom is 0.264 e. The second kappa shape index (κ2) is 4.56. The molecule has 1 amide bonds. The lowest BCUT2D eigenvalue weighted by atomic mass is 10.1. The first-order valence-corrected chi connectivity index (χ1v) is 5.72. The average Bonchev–Trinajstić information content (AvgIpc) is 2.47. The van der Waals surface area contributed by atoms with Gasteiger partial charge in [-0.05, 0) is 18.1 Å². The fraction of sp³-hybridized carbons (Fsp3) is 0.462. The second-order valence-corrected chi connectivity index (χ2v) is 4.13. The molecule has 3 nitrogen and oxygen atoms in total. The van der Waals surface area contributed by atoms with Crippen LogP contribution in [0.25, 0.3) is 0 Å². The zero-order valence-electron chi connectivity index (χ0n) is 9.82. The molecule has 0 saturated carbocycles. The molecule has 86 valence electrons. The lowest BCUT2D eigenvalue weighted by Crippen LogP contribution is -2.34. The van der Waals surface area contributed by atoms with Crippen molar-refractivity contribution < 1.29 is 9.53 Å². The summed E-state index contributed by atoms with van der Waals surface area (Å²) in [7, 11) is 1.81. The largest absolute Gasteiger partial charge is 0.486 e. The van der Waals surface area contributed by atoms with Crippen molar-refractivity contribution in [3.63, 3.8) is 0 Å². The topological polar surface area (TPSA) is 29.5 Å². The molecule has 1 aliphatic heterocycles. The summed E-state index contributed by atoms with van der Waals surface area (Å²) < 4.78 is 5.46. The van der Waals surface area contributed by atoms with Crippen LogP contribution >= 0.6 is 0 Å². The van der Waals surface area contributed by atoms with Crippen LogP contribution in [0.3, 0.4) is 0 Å². The fourth-order valence-electron chi connectivity index (χ4n) is 1.97. The average molecular weight is 219 g/mol. The summed E-state index contributed by atoms with van der Waals surface area (Å²) in [5.41, 5.74) is 2.18. The van der Waals surface area contributed by atoms with E-state index in [1.54, 1.807) is 4.90 Å². The number of hydrogen-bond acceptors (Lipinski definition) is 2. The first-order valence-electron chi connectivity index (χ1n) is 5.72. The van der Waals surface area contributed by atoms with Gasteiger partial charge < -0.3 is 9.64 Å². The van der Waals surface area contributed by atoms with Gasteiger partial charge in [0.15, 0.2) is 6.61 Å². The highest BCUT2D eigenvalue weighted by Gasteiger charge is 2.24. The van der Waals surface area contributed by atoms with Gasteiger partial charge in [-0.3, -0.25) is 4.79 Å². The summed E-state index contributed by atoms with van der Waals surface area (Å²) >= 11 is 0. The molecular weight excluding hydrogens is 202 g/mol. The van der Waals surface area contributed by atoms with E-state index in [4.69, 9.17) is 4.74 Å². The summed E-state index contributed by atoms with van der Waals surface area (Å²) in [5, 5.41) is 0. The number of rotatable bonds is 2. The zero-order chi connectivity index (χ0) is 11.5. The molecule has 0 atom stereocenters. The van der Waals surface area contributed by atoms with Crippen LogP contribution in [0, 0.1) is 0 Å². The van der Waals surface area contributed by atoms with Crippen molar-refractivity contribution in [1.82, 2.24) is 4.90 Å². The summed E-state index contributed by atoms with van der Waals surface area (Å²) in [6.45, 7) is 2.32. The lowest BCUT2D eigenvalue weighted by Gasteiger charge is -2.26. The van der Waals surface area contributed by atoms with Crippen LogP contribution in [0.2, 0.25) is 0 Å². The SMILES string of the molecule is CCCC1=CC2=C(CC=C1)OCC(=O)N2C. The fourth-order valence-corrected chi connectivity index (χ4v) is 1.97. The molecule has 3 heteroatoms. The Labute approximate surface area is 96.1 Å². The summed E-state index contributed by atoms with van der Waals surface area (Å²) in [6.07, 6.45) is 9.22. The van der Waals surface area contributed by atoms with Crippen LogP contribution in [-0.4, -0.2) is 24.5 Å². The molecular formula is C13H17NO2. The Morgan fingerprint density at radius 2 is 2.31 bits per heavy atom. The number of hydrogen-bond donors (Lipinski definition) is 0. The molecule has 0 aromatic rings. The third kappa shape index (κ3) is 2.03. The molecule has 1 aliphatic carbocycles. The van der Waals surface area contributed by atoms with Gasteiger partial charge in [0.05, 0.1) is 5.70 Å². The third-order valence-electron chi connectivity index (χ3n) is 2.89. The molecule has 2 rings (SSSR count). The minimum atomic E-state index is 0.0211. The van der Waals surface area contributed by atoms with Crippen molar-refractivity contribution in [2.45, 2.75) is 26.2 Å². The van der Waals surface area contributed by atoms with E-state index >= 15 is 0 Å². The Morgan fingerprint density at radius 1 is 1.50 bits per heavy atom. The van der Waals surface area contributed by atoms with E-state index in [0.717, 1.165) is 30.7 Å². The van der Waals surface area contributed by atoms with Crippen LogP contribution in [0.15, 0.2) is 35.3 Å². The first kappa shape index (κ1) is 11.0. The van der Waals surface area contributed by atoms with Crippen molar-refractivity contribution in [3.05, 3.63) is 35.3 Å². The number of carbonyl (C=O) groups is 1. The van der Waals surface area contributed by atoms with Crippen molar-refractivity contribution in [2.24, 2.45) is 0 Å². The number of carbonyl (C=O) groups excluding carboxylic acids is 1. The number of allylic oxidation sites excluding steroid dienone is 4. The van der Waals surface area contributed by atoms with Crippen LogP contribution in [-0.2, 0) is 9.53 Å². The summed E-state index contributed by atoms with van der Waals surface area (Å²) in [6, 6.07) is 0. The van der Waals surface area contributed by atoms with Crippen LogP contribution in [0.5, 0.6) is 0 Å². The van der Waals surface area contributed by atoms with Gasteiger partial charge in [0.1, 0.15) is 5.76 Å². The Bertz CT molecular complexity index is 391. The van der Waals surface area contributed by atoms with Gasteiger partial charge in [-0.2, -0.15) is 0 Å². The molecule has 16 heavy (non-hydrogen) atoms. The van der Waals surface area contributed by atoms with Gasteiger partial charge in [-0.1, -0.05) is 25.5 Å². The maximum absolute atomic E-state index is 11.5. The highest BCUT2D eigenvalue weighted by atomic mass is 16.5. The highest BCUT2D eigenvalue weighted by Crippen LogP contribution is 2.26. The van der Waals surface area contributed by atoms with Crippen molar-refractivity contribution in [3.8, 4) is 0 Å². The quantitative estimate of drug-likeness (QED) is 0.713. The summed E-state index contributed by atoms with van der Waals surface area (Å²) in [4.78, 5) is 13.2. The van der Waals surface area contributed by atoms with Crippen molar-refractivity contribution >= 4 is 5.91 Å². The predicted octanol–water partition coefficient (Wildman–Crippen LogP) is 2.37. The van der Waals surface area contributed by atoms with Crippen molar-refractivity contribution in [1.29, 1.82) is 0 Å². The Morgan fingerprint density at radius 3 is 3.06 bits per heavy atom. The molecule has 0 unspecified atom stereocenters. The monoisotopic (exact) mass is 219 g/mol. The molecule has 0 radical (unpaired) electrons. The van der Waals surface area contributed by atoms with Crippen LogP contribution in [0.4, 0.5) is 0 Å². The number of likely N-dealkylation sites (N-methyl/N-ethyl adjacent to an activating group) is 1. The predicted molar refractivity (Wildman–Crippen MR) is 62.5 cm³/mol. The van der Waals surface area contributed by atoms with Gasteiger partial charge in [0.25, 0.3) is 5.91 Å². The standard InChI is InChI=1S/C13H17NO2/c1-3-5-10-6-4-7-12-11(8-10)14(2)13(15)9-16-12/h4,6,8H,3,5,7,9H2,1-2H3. The molecule has 0 N–H and O–H groups in total. The normalized spacial score (nSPS) is 20.2. The zero-order valence-corrected chi connectivity index (χ0v) is 9.82. The molecule has 0 aromatic carbocycles. The summed E-state index contributed by atoms with van der Waals surface area (Å²) in [5.74, 6) is 0.928. The third-order valence-corrected chi connectivity index (χ3v) is 2.89. The van der Waals surface area contributed by atoms with E-state index in [9.17, 15) is 4.79 Å².